The summed E-state index contributed by atoms with van der Waals surface area (Å²) >= 11 is 0. The number of carbonyl (C=O) groups excluding carboxylic acids is 1. The summed E-state index contributed by atoms with van der Waals surface area (Å²) in [5.74, 6) is 0.0878. The third-order valence-corrected chi connectivity index (χ3v) is 4.32. The van der Waals surface area contributed by atoms with E-state index in [-0.39, 0.29) is 24.2 Å². The number of nitrogens with zero attached hydrogens (tertiary/aromatic N) is 1. The number of aryl methyl sites for hydroxylation is 1. The van der Waals surface area contributed by atoms with Crippen LogP contribution in [0.15, 0.2) is 24.3 Å². The highest BCUT2D eigenvalue weighted by molar-refractivity contribution is 5.96. The zero-order chi connectivity index (χ0) is 14.8. The minimum absolute atomic E-state index is 0.0205. The van der Waals surface area contributed by atoms with Gasteiger partial charge in [-0.3, -0.25) is 9.69 Å². The Morgan fingerprint density at radius 3 is 3.00 bits per heavy atom. The highest BCUT2D eigenvalue weighted by Crippen LogP contribution is 2.25. The number of para-hydroxylation sites is 1. The zero-order valence-electron chi connectivity index (χ0n) is 12.4. The Bertz CT molecular complexity index is 520. The van der Waals surface area contributed by atoms with Crippen molar-refractivity contribution >= 4 is 11.6 Å². The van der Waals surface area contributed by atoms with Crippen molar-refractivity contribution in [2.75, 3.05) is 25.0 Å². The van der Waals surface area contributed by atoms with Crippen LogP contribution in [0.4, 0.5) is 5.69 Å². The fourth-order valence-electron chi connectivity index (χ4n) is 3.31. The van der Waals surface area contributed by atoms with E-state index in [1.54, 1.807) is 0 Å². The van der Waals surface area contributed by atoms with Crippen molar-refractivity contribution in [3.05, 3.63) is 29.8 Å². The van der Waals surface area contributed by atoms with Crippen LogP contribution in [0.5, 0.6) is 0 Å². The number of amides is 1. The molecule has 2 heterocycles. The van der Waals surface area contributed by atoms with Crippen molar-refractivity contribution in [3.8, 4) is 0 Å². The molecule has 1 aromatic rings. The van der Waals surface area contributed by atoms with Gasteiger partial charge in [0.15, 0.2) is 0 Å². The molecular weight excluding hydrogens is 266 g/mol. The molecule has 0 bridgehead atoms. The lowest BCUT2D eigenvalue weighted by atomic mass is 10.0. The zero-order valence-corrected chi connectivity index (χ0v) is 12.4. The van der Waals surface area contributed by atoms with E-state index in [0.717, 1.165) is 31.6 Å². The van der Waals surface area contributed by atoms with Gasteiger partial charge in [0.05, 0.1) is 18.2 Å². The first-order valence-electron chi connectivity index (χ1n) is 7.65. The summed E-state index contributed by atoms with van der Waals surface area (Å²) in [6, 6.07) is 7.94. The van der Waals surface area contributed by atoms with E-state index in [1.807, 2.05) is 25.1 Å². The average molecular weight is 289 g/mol. The van der Waals surface area contributed by atoms with E-state index < -0.39 is 0 Å². The van der Waals surface area contributed by atoms with Crippen LogP contribution in [0.25, 0.3) is 0 Å². The van der Waals surface area contributed by atoms with Crippen molar-refractivity contribution in [1.82, 2.24) is 4.90 Å². The molecule has 114 valence electrons. The van der Waals surface area contributed by atoms with Crippen molar-refractivity contribution in [2.45, 2.75) is 38.0 Å². The van der Waals surface area contributed by atoms with Gasteiger partial charge < -0.3 is 15.8 Å². The topological polar surface area (TPSA) is 67.6 Å². The summed E-state index contributed by atoms with van der Waals surface area (Å²) in [6.07, 6.45) is 1.89. The van der Waals surface area contributed by atoms with E-state index in [4.69, 9.17) is 10.5 Å². The predicted molar refractivity (Wildman–Crippen MR) is 82.1 cm³/mol. The summed E-state index contributed by atoms with van der Waals surface area (Å²) in [7, 11) is 0. The van der Waals surface area contributed by atoms with E-state index in [9.17, 15) is 4.79 Å². The number of hydrogen-bond acceptors (Lipinski definition) is 4. The summed E-state index contributed by atoms with van der Waals surface area (Å²) in [5, 5.41) is 3.06. The maximum absolute atomic E-state index is 12.6. The summed E-state index contributed by atoms with van der Waals surface area (Å²) in [4.78, 5) is 14.8. The number of rotatable bonds is 2. The summed E-state index contributed by atoms with van der Waals surface area (Å²) in [5.41, 5.74) is 7.90. The second-order valence-corrected chi connectivity index (χ2v) is 5.96. The highest BCUT2D eigenvalue weighted by Gasteiger charge is 2.34. The minimum atomic E-state index is -0.0993. The molecule has 0 saturated carbocycles. The minimum Gasteiger partial charge on any atom is -0.371 e. The monoisotopic (exact) mass is 289 g/mol. The van der Waals surface area contributed by atoms with Crippen molar-refractivity contribution in [3.63, 3.8) is 0 Å². The van der Waals surface area contributed by atoms with Gasteiger partial charge in [-0.1, -0.05) is 18.2 Å². The normalized spacial score (nSPS) is 30.4. The van der Waals surface area contributed by atoms with Crippen LogP contribution in [-0.2, 0) is 16.0 Å². The second kappa shape index (κ2) is 6.13. The van der Waals surface area contributed by atoms with Gasteiger partial charge in [-0.2, -0.15) is 0 Å². The molecule has 3 N–H and O–H groups in total. The molecule has 5 heteroatoms. The van der Waals surface area contributed by atoms with Crippen LogP contribution in [0.3, 0.4) is 0 Å². The first kappa shape index (κ1) is 14.5. The fourth-order valence-corrected chi connectivity index (χ4v) is 3.31. The van der Waals surface area contributed by atoms with Crippen LogP contribution in [0.1, 0.15) is 18.9 Å². The summed E-state index contributed by atoms with van der Waals surface area (Å²) in [6.45, 7) is 4.05. The van der Waals surface area contributed by atoms with Gasteiger partial charge in [-0.05, 0) is 31.4 Å². The van der Waals surface area contributed by atoms with Gasteiger partial charge in [0.2, 0.25) is 5.91 Å². The number of carbonyl (C=O) groups is 1. The Hall–Kier alpha value is -1.43. The van der Waals surface area contributed by atoms with Crippen LogP contribution in [0, 0.1) is 0 Å². The maximum Gasteiger partial charge on any atom is 0.241 e. The van der Waals surface area contributed by atoms with E-state index in [1.165, 1.54) is 5.56 Å². The Labute approximate surface area is 125 Å². The standard InChI is InChI=1S/C16H23N3O2/c1-11-9-19(10-13(8-17)21-11)15-7-6-12-4-2-3-5-14(12)18-16(15)20/h2-5,11,13,15H,6-10,17H2,1H3,(H,18,20). The predicted octanol–water partition coefficient (Wildman–Crippen LogP) is 0.988. The van der Waals surface area contributed by atoms with E-state index in [0.29, 0.717) is 6.54 Å². The van der Waals surface area contributed by atoms with Crippen LogP contribution in [-0.4, -0.2) is 48.7 Å². The molecule has 2 aliphatic rings. The molecule has 0 radical (unpaired) electrons. The summed E-state index contributed by atoms with van der Waals surface area (Å²) < 4.78 is 5.79. The molecule has 0 aromatic heterocycles. The first-order valence-corrected chi connectivity index (χ1v) is 7.65. The molecule has 2 aliphatic heterocycles. The van der Waals surface area contributed by atoms with Gasteiger partial charge in [0, 0.05) is 25.3 Å². The molecule has 21 heavy (non-hydrogen) atoms. The number of nitrogens with two attached hydrogens (primary N) is 1. The number of anilines is 1. The number of fused-ring (bicyclic) bond motifs is 1. The van der Waals surface area contributed by atoms with Gasteiger partial charge in [-0.25, -0.2) is 0 Å². The molecule has 1 aromatic carbocycles. The number of ether oxygens (including phenoxy) is 1. The molecule has 0 spiro atoms. The van der Waals surface area contributed by atoms with Crippen LogP contribution < -0.4 is 11.1 Å². The van der Waals surface area contributed by atoms with Gasteiger partial charge in [0.25, 0.3) is 0 Å². The van der Waals surface area contributed by atoms with Gasteiger partial charge in [0.1, 0.15) is 0 Å². The third kappa shape index (κ3) is 3.10. The highest BCUT2D eigenvalue weighted by atomic mass is 16.5. The van der Waals surface area contributed by atoms with Crippen LogP contribution >= 0.6 is 0 Å². The van der Waals surface area contributed by atoms with Crippen molar-refractivity contribution in [2.24, 2.45) is 5.73 Å². The number of morpholine rings is 1. The lowest BCUT2D eigenvalue weighted by Gasteiger charge is -2.39. The molecule has 1 saturated heterocycles. The molecule has 3 rings (SSSR count). The number of benzene rings is 1. The molecule has 0 aliphatic carbocycles. The Morgan fingerprint density at radius 2 is 2.19 bits per heavy atom. The van der Waals surface area contributed by atoms with Crippen molar-refractivity contribution < 1.29 is 9.53 Å². The largest absolute Gasteiger partial charge is 0.371 e. The van der Waals surface area contributed by atoms with Gasteiger partial charge in [-0.15, -0.1) is 0 Å². The number of nitrogens with one attached hydrogen (secondary N) is 1. The van der Waals surface area contributed by atoms with E-state index >= 15 is 0 Å². The second-order valence-electron chi connectivity index (χ2n) is 5.96. The van der Waals surface area contributed by atoms with Crippen LogP contribution in [0.2, 0.25) is 0 Å². The Morgan fingerprint density at radius 1 is 1.38 bits per heavy atom. The molecule has 1 amide bonds. The maximum atomic E-state index is 12.6. The van der Waals surface area contributed by atoms with Crippen molar-refractivity contribution in [1.29, 1.82) is 0 Å². The first-order chi connectivity index (χ1) is 10.2. The van der Waals surface area contributed by atoms with Gasteiger partial charge >= 0.3 is 0 Å². The average Bonchev–Trinajstić information content (AvgIpc) is 2.64. The Balaban J connectivity index is 1.76. The number of hydrogen-bond donors (Lipinski definition) is 2. The third-order valence-electron chi connectivity index (χ3n) is 4.32. The molecule has 3 atom stereocenters. The lowest BCUT2D eigenvalue weighted by molar-refractivity contribution is -0.128. The smallest absolute Gasteiger partial charge is 0.241 e. The molecular formula is C16H23N3O2. The molecule has 1 fully saturated rings. The quantitative estimate of drug-likeness (QED) is 0.852. The SMILES string of the molecule is CC1CN(C2CCc3ccccc3NC2=O)CC(CN)O1. The lowest BCUT2D eigenvalue weighted by Crippen LogP contribution is -2.55. The van der Waals surface area contributed by atoms with E-state index in [2.05, 4.69) is 16.3 Å². The molecule has 3 unspecified atom stereocenters. The molecule has 5 nitrogen and oxygen atoms in total. The Kier molecular flexibility index (Phi) is 4.24. The fraction of sp³-hybridized carbons (Fsp3) is 0.562.